The predicted molar refractivity (Wildman–Crippen MR) is 72.9 cm³/mol. The van der Waals surface area contributed by atoms with E-state index in [0.717, 1.165) is 22.0 Å². The fraction of sp³-hybridized carbons (Fsp3) is 0.0769. The van der Waals surface area contributed by atoms with Gasteiger partial charge in [0.05, 0.1) is 0 Å². The Hall–Kier alpha value is -2.56. The largest absolute Gasteiger partial charge is 0.383 e. The maximum absolute atomic E-state index is 5.91. The van der Waals surface area contributed by atoms with E-state index in [-0.39, 0.29) is 5.95 Å². The quantitative estimate of drug-likeness (QED) is 0.606. The molecular weight excluding hydrogens is 226 g/mol. The predicted octanol–water partition coefficient (Wildman–Crippen LogP) is 2.10. The molecule has 0 bridgehead atoms. The highest BCUT2D eigenvalue weighted by molar-refractivity contribution is 5.98. The van der Waals surface area contributed by atoms with Crippen LogP contribution in [0.25, 0.3) is 22.0 Å². The summed E-state index contributed by atoms with van der Waals surface area (Å²) in [6, 6.07) is 6.09. The highest BCUT2D eigenvalue weighted by Gasteiger charge is 2.10. The van der Waals surface area contributed by atoms with Gasteiger partial charge in [-0.1, -0.05) is 12.1 Å². The molecule has 3 aromatic rings. The molecule has 5 nitrogen and oxygen atoms in total. The van der Waals surface area contributed by atoms with Crippen molar-refractivity contribution in [2.75, 3.05) is 11.5 Å². The summed E-state index contributed by atoms with van der Waals surface area (Å²) in [6.45, 7) is 2.06. The third kappa shape index (κ3) is 1.48. The van der Waals surface area contributed by atoms with Crippen LogP contribution in [0.1, 0.15) is 5.56 Å². The van der Waals surface area contributed by atoms with Gasteiger partial charge in [-0.15, -0.1) is 0 Å². The molecule has 1 aromatic carbocycles. The molecule has 0 atom stereocenters. The van der Waals surface area contributed by atoms with Crippen LogP contribution in [-0.4, -0.2) is 15.0 Å². The lowest BCUT2D eigenvalue weighted by molar-refractivity contribution is 1.20. The summed E-state index contributed by atoms with van der Waals surface area (Å²) in [7, 11) is 0. The molecule has 0 aliphatic heterocycles. The second kappa shape index (κ2) is 3.73. The zero-order chi connectivity index (χ0) is 12.7. The first-order valence-corrected chi connectivity index (χ1v) is 5.62. The maximum atomic E-state index is 5.91. The van der Waals surface area contributed by atoms with Gasteiger partial charge in [0.2, 0.25) is 5.95 Å². The first-order valence-electron chi connectivity index (χ1n) is 5.62. The van der Waals surface area contributed by atoms with Crippen LogP contribution in [0.5, 0.6) is 0 Å². The van der Waals surface area contributed by atoms with Gasteiger partial charge < -0.3 is 16.5 Å². The van der Waals surface area contributed by atoms with Gasteiger partial charge >= 0.3 is 0 Å². The molecule has 90 valence electrons. The number of aryl methyl sites for hydroxylation is 1. The fourth-order valence-corrected chi connectivity index (χ4v) is 2.15. The minimum atomic E-state index is 0.189. The van der Waals surface area contributed by atoms with Crippen LogP contribution in [0.15, 0.2) is 30.6 Å². The van der Waals surface area contributed by atoms with Gasteiger partial charge in [-0.3, -0.25) is 0 Å². The summed E-state index contributed by atoms with van der Waals surface area (Å²) in [5, 5.41) is 1.11. The number of hydrogen-bond acceptors (Lipinski definition) is 4. The van der Waals surface area contributed by atoms with Gasteiger partial charge in [-0.25, -0.2) is 4.98 Å². The molecule has 3 rings (SSSR count). The van der Waals surface area contributed by atoms with Crippen LogP contribution in [-0.2, 0) is 0 Å². The molecule has 2 heterocycles. The first-order chi connectivity index (χ1) is 8.66. The topological polar surface area (TPSA) is 93.6 Å². The number of benzene rings is 1. The number of aromatic amines is 1. The molecule has 0 fully saturated rings. The monoisotopic (exact) mass is 239 g/mol. The van der Waals surface area contributed by atoms with Crippen molar-refractivity contribution < 1.29 is 0 Å². The summed E-state index contributed by atoms with van der Waals surface area (Å²) in [5.41, 5.74) is 15.5. The molecule has 0 unspecified atom stereocenters. The standard InChI is InChI=1S/C13H13N5/c1-7-2-3-8(9-4-5-16-11(7)9)10-6-17-13(15)18-12(10)14/h2-6,16H,1H3,(H4,14,15,17,18). The fourth-order valence-electron chi connectivity index (χ4n) is 2.15. The number of fused-ring (bicyclic) bond motifs is 1. The Balaban J connectivity index is 2.32. The molecule has 5 heteroatoms. The number of nitrogens with two attached hydrogens (primary N) is 2. The van der Waals surface area contributed by atoms with E-state index in [1.807, 2.05) is 24.4 Å². The molecule has 0 amide bonds. The van der Waals surface area contributed by atoms with Gasteiger partial charge in [0.15, 0.2) is 0 Å². The number of rotatable bonds is 1. The first kappa shape index (κ1) is 10.6. The summed E-state index contributed by atoms with van der Waals surface area (Å²) in [6.07, 6.45) is 3.57. The summed E-state index contributed by atoms with van der Waals surface area (Å²) >= 11 is 0. The zero-order valence-corrected chi connectivity index (χ0v) is 9.94. The summed E-state index contributed by atoms with van der Waals surface area (Å²) in [4.78, 5) is 11.2. The van der Waals surface area contributed by atoms with Crippen LogP contribution in [0.2, 0.25) is 0 Å². The zero-order valence-electron chi connectivity index (χ0n) is 9.94. The number of nitrogen functional groups attached to an aromatic ring is 2. The van der Waals surface area contributed by atoms with Crippen LogP contribution in [0.3, 0.4) is 0 Å². The Morgan fingerprint density at radius 3 is 2.72 bits per heavy atom. The maximum Gasteiger partial charge on any atom is 0.221 e. The van der Waals surface area contributed by atoms with E-state index < -0.39 is 0 Å². The van der Waals surface area contributed by atoms with Crippen LogP contribution < -0.4 is 11.5 Å². The van der Waals surface area contributed by atoms with E-state index in [0.29, 0.717) is 5.82 Å². The molecule has 5 N–H and O–H groups in total. The highest BCUT2D eigenvalue weighted by Crippen LogP contribution is 2.32. The number of hydrogen-bond donors (Lipinski definition) is 3. The van der Waals surface area contributed by atoms with Gasteiger partial charge in [0.1, 0.15) is 5.82 Å². The molecular formula is C13H13N5. The van der Waals surface area contributed by atoms with Gasteiger partial charge in [0, 0.05) is 28.9 Å². The van der Waals surface area contributed by atoms with E-state index in [2.05, 4.69) is 21.9 Å². The summed E-state index contributed by atoms with van der Waals surface area (Å²) < 4.78 is 0. The summed E-state index contributed by atoms with van der Waals surface area (Å²) in [5.74, 6) is 0.586. The van der Waals surface area contributed by atoms with Crippen molar-refractivity contribution in [2.45, 2.75) is 6.92 Å². The van der Waals surface area contributed by atoms with Gasteiger partial charge in [-0.2, -0.15) is 4.98 Å². The number of H-pyrrole nitrogens is 1. The van der Waals surface area contributed by atoms with Crippen LogP contribution in [0.4, 0.5) is 11.8 Å². The SMILES string of the molecule is Cc1ccc(-c2cnc(N)nc2N)c2cc[nH]c12. The Labute approximate surface area is 104 Å². The normalized spacial score (nSPS) is 10.9. The smallest absolute Gasteiger partial charge is 0.221 e. The van der Waals surface area contributed by atoms with Crippen LogP contribution >= 0.6 is 0 Å². The Morgan fingerprint density at radius 2 is 1.94 bits per heavy atom. The van der Waals surface area contributed by atoms with Crippen molar-refractivity contribution in [3.63, 3.8) is 0 Å². The van der Waals surface area contributed by atoms with Crippen molar-refractivity contribution in [2.24, 2.45) is 0 Å². The third-order valence-electron chi connectivity index (χ3n) is 3.06. The van der Waals surface area contributed by atoms with E-state index >= 15 is 0 Å². The van der Waals surface area contributed by atoms with E-state index in [1.165, 1.54) is 5.56 Å². The average molecular weight is 239 g/mol. The lowest BCUT2D eigenvalue weighted by Crippen LogP contribution is -2.01. The number of nitrogens with zero attached hydrogens (tertiary/aromatic N) is 2. The Morgan fingerprint density at radius 1 is 1.11 bits per heavy atom. The number of anilines is 2. The Bertz CT molecular complexity index is 729. The lowest BCUT2D eigenvalue weighted by atomic mass is 10.0. The van der Waals surface area contributed by atoms with Crippen molar-refractivity contribution >= 4 is 22.7 Å². The van der Waals surface area contributed by atoms with E-state index in [1.54, 1.807) is 6.20 Å². The second-order valence-electron chi connectivity index (χ2n) is 4.22. The molecule has 2 aromatic heterocycles. The molecule has 0 aliphatic rings. The number of aromatic nitrogens is 3. The average Bonchev–Trinajstić information content (AvgIpc) is 2.81. The lowest BCUT2D eigenvalue weighted by Gasteiger charge is -2.08. The van der Waals surface area contributed by atoms with Crippen molar-refractivity contribution in [1.82, 2.24) is 15.0 Å². The minimum Gasteiger partial charge on any atom is -0.383 e. The van der Waals surface area contributed by atoms with Gasteiger partial charge in [-0.05, 0) is 24.1 Å². The van der Waals surface area contributed by atoms with E-state index in [9.17, 15) is 0 Å². The highest BCUT2D eigenvalue weighted by atomic mass is 15.0. The molecule has 0 saturated carbocycles. The van der Waals surface area contributed by atoms with Crippen LogP contribution in [0, 0.1) is 6.92 Å². The van der Waals surface area contributed by atoms with E-state index in [4.69, 9.17) is 11.5 Å². The molecule has 0 radical (unpaired) electrons. The molecule has 0 saturated heterocycles. The van der Waals surface area contributed by atoms with Crippen molar-refractivity contribution in [3.8, 4) is 11.1 Å². The third-order valence-corrected chi connectivity index (χ3v) is 3.06. The molecule has 18 heavy (non-hydrogen) atoms. The Kier molecular flexibility index (Phi) is 2.19. The van der Waals surface area contributed by atoms with Crippen molar-refractivity contribution in [1.29, 1.82) is 0 Å². The van der Waals surface area contributed by atoms with Gasteiger partial charge in [0.25, 0.3) is 0 Å². The number of nitrogens with one attached hydrogen (secondary N) is 1. The molecule has 0 aliphatic carbocycles. The second-order valence-corrected chi connectivity index (χ2v) is 4.22. The minimum absolute atomic E-state index is 0.189. The van der Waals surface area contributed by atoms with Crippen molar-refractivity contribution in [3.05, 3.63) is 36.2 Å². The molecule has 0 spiro atoms.